The summed E-state index contributed by atoms with van der Waals surface area (Å²) < 4.78 is 8.90. The van der Waals surface area contributed by atoms with Gasteiger partial charge in [0.05, 0.1) is 29.6 Å². The fourth-order valence-corrected chi connectivity index (χ4v) is 8.34. The van der Waals surface area contributed by atoms with Crippen molar-refractivity contribution in [2.24, 2.45) is 23.2 Å². The van der Waals surface area contributed by atoms with Crippen LogP contribution in [0.2, 0.25) is 0 Å². The van der Waals surface area contributed by atoms with Crippen LogP contribution in [0, 0.1) is 37.0 Å². The van der Waals surface area contributed by atoms with Crippen LogP contribution in [0.4, 0.5) is 5.69 Å². The molecular weight excluding hydrogens is 410 g/mol. The van der Waals surface area contributed by atoms with Crippen molar-refractivity contribution >= 4 is 27.8 Å². The SMILES string of the molecule is COC(=O)c1c(-c2cnn(CC34CC5CC(CC(C5)C3)C4)c2C)sc2c(N)c(C)nn12. The normalized spacial score (nSPS) is 29.2. The zero-order valence-electron chi connectivity index (χ0n) is 18.4. The first-order valence-electron chi connectivity index (χ1n) is 11.3. The van der Waals surface area contributed by atoms with E-state index in [4.69, 9.17) is 15.6 Å². The Labute approximate surface area is 185 Å². The van der Waals surface area contributed by atoms with Crippen LogP contribution in [-0.4, -0.2) is 32.5 Å². The minimum atomic E-state index is -0.406. The van der Waals surface area contributed by atoms with E-state index in [1.54, 1.807) is 4.52 Å². The summed E-state index contributed by atoms with van der Waals surface area (Å²) >= 11 is 1.49. The van der Waals surface area contributed by atoms with Crippen molar-refractivity contribution in [1.82, 2.24) is 19.4 Å². The van der Waals surface area contributed by atoms with E-state index in [0.29, 0.717) is 16.8 Å². The zero-order chi connectivity index (χ0) is 21.5. The molecule has 3 aromatic rings. The van der Waals surface area contributed by atoms with Gasteiger partial charge in [-0.1, -0.05) is 0 Å². The number of nitrogens with two attached hydrogens (primary N) is 1. The lowest BCUT2D eigenvalue weighted by Gasteiger charge is -2.56. The Kier molecular flexibility index (Phi) is 4.10. The van der Waals surface area contributed by atoms with Crippen molar-refractivity contribution < 1.29 is 9.53 Å². The van der Waals surface area contributed by atoms with E-state index in [0.717, 1.165) is 51.0 Å². The number of hydrogen-bond acceptors (Lipinski definition) is 6. The highest BCUT2D eigenvalue weighted by Gasteiger charge is 2.51. The molecule has 4 bridgehead atoms. The number of aryl methyl sites for hydroxylation is 1. The second-order valence-electron chi connectivity index (χ2n) is 10.2. The number of nitrogens with zero attached hydrogens (tertiary/aromatic N) is 4. The van der Waals surface area contributed by atoms with Crippen LogP contribution in [0.1, 0.15) is 60.4 Å². The van der Waals surface area contributed by atoms with E-state index in [9.17, 15) is 4.79 Å². The number of rotatable bonds is 4. The number of methoxy groups -OCH3 is 1. The van der Waals surface area contributed by atoms with E-state index in [2.05, 4.69) is 16.7 Å². The van der Waals surface area contributed by atoms with Gasteiger partial charge in [0, 0.05) is 17.8 Å². The lowest BCUT2D eigenvalue weighted by Crippen LogP contribution is -2.48. The fourth-order valence-electron chi connectivity index (χ4n) is 7.10. The maximum atomic E-state index is 12.7. The number of aromatic nitrogens is 4. The summed E-state index contributed by atoms with van der Waals surface area (Å²) in [6.45, 7) is 4.95. The van der Waals surface area contributed by atoms with Gasteiger partial charge in [0.15, 0.2) is 5.69 Å². The number of carbonyl (C=O) groups excluding carboxylic acids is 1. The summed E-state index contributed by atoms with van der Waals surface area (Å²) in [6.07, 6.45) is 10.3. The van der Waals surface area contributed by atoms with Crippen molar-refractivity contribution in [1.29, 1.82) is 0 Å². The molecule has 0 spiro atoms. The molecule has 4 aliphatic carbocycles. The highest BCUT2D eigenvalue weighted by molar-refractivity contribution is 7.21. The number of ether oxygens (including phenoxy) is 1. The molecule has 3 aromatic heterocycles. The van der Waals surface area contributed by atoms with Crippen LogP contribution >= 0.6 is 11.3 Å². The van der Waals surface area contributed by atoms with E-state index in [1.807, 2.05) is 13.1 Å². The standard InChI is InChI=1S/C23H29N5O2S/c1-12-18(24)21-28(26-12)19(22(29)30-3)20(31-21)17-10-25-27(13(17)2)11-23-7-14-4-15(8-23)6-16(5-14)9-23/h10,14-16H,4-9,11,24H2,1-3H3. The van der Waals surface area contributed by atoms with Crippen LogP contribution in [0.25, 0.3) is 15.3 Å². The van der Waals surface area contributed by atoms with Gasteiger partial charge in [-0.2, -0.15) is 10.2 Å². The molecule has 0 unspecified atom stereocenters. The summed E-state index contributed by atoms with van der Waals surface area (Å²) in [5.74, 6) is 2.35. The molecule has 7 rings (SSSR count). The van der Waals surface area contributed by atoms with Gasteiger partial charge in [0.25, 0.3) is 0 Å². The van der Waals surface area contributed by atoms with E-state index >= 15 is 0 Å². The first-order valence-corrected chi connectivity index (χ1v) is 12.1. The third-order valence-corrected chi connectivity index (χ3v) is 9.27. The fraction of sp³-hybridized carbons (Fsp3) is 0.609. The van der Waals surface area contributed by atoms with E-state index in [1.165, 1.54) is 57.0 Å². The lowest BCUT2D eigenvalue weighted by molar-refractivity contribution is -0.0638. The molecule has 4 saturated carbocycles. The van der Waals surface area contributed by atoms with Gasteiger partial charge in [0.1, 0.15) is 4.83 Å². The van der Waals surface area contributed by atoms with Crippen molar-refractivity contribution in [2.45, 2.75) is 58.9 Å². The average Bonchev–Trinajstić information content (AvgIpc) is 3.34. The number of hydrogen-bond donors (Lipinski definition) is 1. The summed E-state index contributed by atoms with van der Waals surface area (Å²) in [7, 11) is 1.40. The van der Waals surface area contributed by atoms with Gasteiger partial charge >= 0.3 is 5.97 Å². The van der Waals surface area contributed by atoms with Crippen LogP contribution in [-0.2, 0) is 11.3 Å². The Bertz CT molecular complexity index is 1170. The smallest absolute Gasteiger partial charge is 0.358 e. The third-order valence-electron chi connectivity index (χ3n) is 8.06. The second-order valence-corrected chi connectivity index (χ2v) is 11.2. The first kappa shape index (κ1) is 19.3. The largest absolute Gasteiger partial charge is 0.464 e. The molecule has 31 heavy (non-hydrogen) atoms. The molecule has 3 heterocycles. The summed E-state index contributed by atoms with van der Waals surface area (Å²) in [5.41, 5.74) is 10.5. The Morgan fingerprint density at radius 3 is 2.48 bits per heavy atom. The maximum Gasteiger partial charge on any atom is 0.358 e. The number of nitrogen functional groups attached to an aromatic ring is 1. The van der Waals surface area contributed by atoms with Crippen molar-refractivity contribution in [3.63, 3.8) is 0 Å². The molecule has 4 fully saturated rings. The molecule has 2 N–H and O–H groups in total. The van der Waals surface area contributed by atoms with Crippen LogP contribution in [0.5, 0.6) is 0 Å². The van der Waals surface area contributed by atoms with Crippen LogP contribution in [0.15, 0.2) is 6.20 Å². The second kappa shape index (κ2) is 6.58. The number of esters is 1. The zero-order valence-corrected chi connectivity index (χ0v) is 19.2. The van der Waals surface area contributed by atoms with Crippen LogP contribution < -0.4 is 5.73 Å². The van der Waals surface area contributed by atoms with E-state index in [-0.39, 0.29) is 0 Å². The molecule has 7 nitrogen and oxygen atoms in total. The number of carbonyl (C=O) groups is 1. The lowest BCUT2D eigenvalue weighted by atomic mass is 9.49. The molecule has 0 saturated heterocycles. The van der Waals surface area contributed by atoms with Gasteiger partial charge in [0.2, 0.25) is 0 Å². The predicted molar refractivity (Wildman–Crippen MR) is 120 cm³/mol. The van der Waals surface area contributed by atoms with Crippen molar-refractivity contribution in [3.05, 3.63) is 23.3 Å². The monoisotopic (exact) mass is 439 g/mol. The molecule has 0 atom stereocenters. The van der Waals surface area contributed by atoms with Crippen LogP contribution in [0.3, 0.4) is 0 Å². The Morgan fingerprint density at radius 1 is 1.23 bits per heavy atom. The van der Waals surface area contributed by atoms with Gasteiger partial charge < -0.3 is 10.5 Å². The van der Waals surface area contributed by atoms with Gasteiger partial charge in [-0.15, -0.1) is 11.3 Å². The minimum Gasteiger partial charge on any atom is -0.464 e. The molecule has 8 heteroatoms. The quantitative estimate of drug-likeness (QED) is 0.607. The number of fused-ring (bicyclic) bond motifs is 1. The van der Waals surface area contributed by atoms with Crippen molar-refractivity contribution in [3.8, 4) is 10.4 Å². The molecule has 0 aromatic carbocycles. The Morgan fingerprint density at radius 2 is 1.87 bits per heavy atom. The third kappa shape index (κ3) is 2.80. The summed E-state index contributed by atoms with van der Waals surface area (Å²) in [5, 5.41) is 9.28. The van der Waals surface area contributed by atoms with Gasteiger partial charge in [-0.05, 0) is 75.5 Å². The Balaban J connectivity index is 1.40. The topological polar surface area (TPSA) is 87.4 Å². The number of anilines is 1. The molecule has 0 amide bonds. The summed E-state index contributed by atoms with van der Waals surface area (Å²) in [6, 6.07) is 0. The highest BCUT2D eigenvalue weighted by Crippen LogP contribution is 2.60. The number of thiazole rings is 1. The minimum absolute atomic E-state index is 0.402. The molecule has 164 valence electrons. The maximum absolute atomic E-state index is 12.7. The highest BCUT2D eigenvalue weighted by atomic mass is 32.1. The predicted octanol–water partition coefficient (Wildman–Crippen LogP) is 4.46. The van der Waals surface area contributed by atoms with E-state index < -0.39 is 5.97 Å². The molecular formula is C23H29N5O2S. The molecule has 4 aliphatic rings. The van der Waals surface area contributed by atoms with Gasteiger partial charge in [-0.25, -0.2) is 9.31 Å². The first-order chi connectivity index (χ1) is 14.9. The van der Waals surface area contributed by atoms with Crippen molar-refractivity contribution in [2.75, 3.05) is 12.8 Å². The van der Waals surface area contributed by atoms with Gasteiger partial charge in [-0.3, -0.25) is 4.68 Å². The molecule has 0 radical (unpaired) electrons. The summed E-state index contributed by atoms with van der Waals surface area (Å²) in [4.78, 5) is 14.3. The average molecular weight is 440 g/mol. The molecule has 0 aliphatic heterocycles. The Hall–Kier alpha value is -2.35.